The lowest BCUT2D eigenvalue weighted by Crippen LogP contribution is -2.45. The van der Waals surface area contributed by atoms with Crippen LogP contribution in [0.3, 0.4) is 0 Å². The molecule has 1 fully saturated rings. The van der Waals surface area contributed by atoms with Crippen LogP contribution in [0.4, 0.5) is 0 Å². The highest BCUT2D eigenvalue weighted by molar-refractivity contribution is 7.89. The number of Topliss-reactive ketones (excluding diaryl/α,β-unsaturated/α-hetero) is 1. The SMILES string of the molecule is CC(=O)c1ccc(S(=O)(=O)NC(C)C(=O)OC(C)C(=O)NC2CCCC2)cc1. The molecule has 1 aromatic rings. The second kappa shape index (κ2) is 9.29. The Bertz CT molecular complexity index is 828. The molecule has 0 saturated heterocycles. The second-order valence-electron chi connectivity index (χ2n) is 6.99. The third-order valence-corrected chi connectivity index (χ3v) is 6.18. The lowest BCUT2D eigenvalue weighted by molar-refractivity contribution is -0.156. The molecule has 0 aliphatic heterocycles. The number of ketones is 1. The number of hydrogen-bond donors (Lipinski definition) is 2. The Hall–Kier alpha value is -2.26. The van der Waals surface area contributed by atoms with Crippen molar-refractivity contribution in [2.24, 2.45) is 0 Å². The number of hydrogen-bond acceptors (Lipinski definition) is 6. The Morgan fingerprint density at radius 2 is 1.64 bits per heavy atom. The molecule has 1 saturated carbocycles. The summed E-state index contributed by atoms with van der Waals surface area (Å²) in [5.41, 5.74) is 0.383. The molecule has 0 bridgehead atoms. The molecule has 2 unspecified atom stereocenters. The van der Waals surface area contributed by atoms with Crippen molar-refractivity contribution in [3.8, 4) is 0 Å². The Morgan fingerprint density at radius 3 is 2.18 bits per heavy atom. The van der Waals surface area contributed by atoms with E-state index in [1.807, 2.05) is 0 Å². The van der Waals surface area contributed by atoms with Crippen LogP contribution in [0, 0.1) is 0 Å². The molecule has 0 heterocycles. The molecule has 0 spiro atoms. The number of esters is 1. The van der Waals surface area contributed by atoms with Gasteiger partial charge in [0.1, 0.15) is 6.04 Å². The van der Waals surface area contributed by atoms with Gasteiger partial charge in [-0.25, -0.2) is 8.42 Å². The Labute approximate surface area is 165 Å². The Balaban J connectivity index is 1.92. The van der Waals surface area contributed by atoms with Crippen molar-refractivity contribution in [1.82, 2.24) is 10.0 Å². The van der Waals surface area contributed by atoms with E-state index < -0.39 is 34.0 Å². The zero-order valence-corrected chi connectivity index (χ0v) is 17.0. The van der Waals surface area contributed by atoms with Gasteiger partial charge in [-0.05, 0) is 45.7 Å². The predicted octanol–water partition coefficient (Wildman–Crippen LogP) is 1.55. The molecule has 8 nitrogen and oxygen atoms in total. The highest BCUT2D eigenvalue weighted by atomic mass is 32.2. The Kier molecular flexibility index (Phi) is 7.31. The standard InChI is InChI=1S/C19H26N2O6S/c1-12(19(24)27-14(3)18(23)20-16-6-4-5-7-16)21-28(25,26)17-10-8-15(9-11-17)13(2)22/h8-12,14,16,21H,4-7H2,1-3H3,(H,20,23). The van der Waals surface area contributed by atoms with Gasteiger partial charge in [0.05, 0.1) is 4.90 Å². The maximum atomic E-state index is 12.4. The van der Waals surface area contributed by atoms with Gasteiger partial charge in [0, 0.05) is 11.6 Å². The van der Waals surface area contributed by atoms with Gasteiger partial charge in [0.25, 0.3) is 5.91 Å². The molecule has 1 amide bonds. The molecule has 9 heteroatoms. The minimum absolute atomic E-state index is 0.0795. The summed E-state index contributed by atoms with van der Waals surface area (Å²) in [5, 5.41) is 2.83. The molecule has 2 rings (SSSR count). The molecule has 2 N–H and O–H groups in total. The molecule has 28 heavy (non-hydrogen) atoms. The van der Waals surface area contributed by atoms with Crippen LogP contribution in [0.25, 0.3) is 0 Å². The summed E-state index contributed by atoms with van der Waals surface area (Å²) in [6.07, 6.45) is 2.92. The van der Waals surface area contributed by atoms with Crippen molar-refractivity contribution in [2.45, 2.75) is 69.5 Å². The molecule has 154 valence electrons. The van der Waals surface area contributed by atoms with Crippen LogP contribution in [0.5, 0.6) is 0 Å². The summed E-state index contributed by atoms with van der Waals surface area (Å²) in [5.74, 6) is -1.42. The third-order valence-electron chi connectivity index (χ3n) is 4.62. The van der Waals surface area contributed by atoms with E-state index >= 15 is 0 Å². The monoisotopic (exact) mass is 410 g/mol. The van der Waals surface area contributed by atoms with Crippen LogP contribution in [0.1, 0.15) is 56.8 Å². The number of amides is 1. The first kappa shape index (κ1) is 22.0. The quantitative estimate of drug-likeness (QED) is 0.496. The van der Waals surface area contributed by atoms with Crippen LogP contribution >= 0.6 is 0 Å². The van der Waals surface area contributed by atoms with Crippen molar-refractivity contribution < 1.29 is 27.5 Å². The van der Waals surface area contributed by atoms with Crippen molar-refractivity contribution in [1.29, 1.82) is 0 Å². The lowest BCUT2D eigenvalue weighted by atomic mass is 10.2. The number of sulfonamides is 1. The minimum atomic E-state index is -3.98. The zero-order chi connectivity index (χ0) is 20.9. The average Bonchev–Trinajstić information content (AvgIpc) is 3.14. The van der Waals surface area contributed by atoms with Gasteiger partial charge in [0.2, 0.25) is 10.0 Å². The fourth-order valence-electron chi connectivity index (χ4n) is 2.94. The number of benzene rings is 1. The summed E-state index contributed by atoms with van der Waals surface area (Å²) < 4.78 is 32.1. The molecule has 0 aromatic heterocycles. The van der Waals surface area contributed by atoms with Gasteiger partial charge in [-0.2, -0.15) is 4.72 Å². The summed E-state index contributed by atoms with van der Waals surface area (Å²) >= 11 is 0. The summed E-state index contributed by atoms with van der Waals surface area (Å²) in [4.78, 5) is 35.5. The van der Waals surface area contributed by atoms with E-state index in [-0.39, 0.29) is 16.7 Å². The van der Waals surface area contributed by atoms with Crippen LogP contribution in [0.15, 0.2) is 29.2 Å². The van der Waals surface area contributed by atoms with Gasteiger partial charge in [-0.1, -0.05) is 25.0 Å². The fourth-order valence-corrected chi connectivity index (χ4v) is 4.13. The van der Waals surface area contributed by atoms with Crippen LogP contribution in [-0.2, 0) is 24.3 Å². The first-order valence-corrected chi connectivity index (χ1v) is 10.7. The van der Waals surface area contributed by atoms with E-state index in [1.165, 1.54) is 45.0 Å². The van der Waals surface area contributed by atoms with Gasteiger partial charge in [-0.3, -0.25) is 14.4 Å². The molecular formula is C19H26N2O6S. The molecule has 2 atom stereocenters. The molecule has 1 aliphatic rings. The average molecular weight is 410 g/mol. The van der Waals surface area contributed by atoms with Gasteiger partial charge < -0.3 is 10.1 Å². The minimum Gasteiger partial charge on any atom is -0.451 e. The lowest BCUT2D eigenvalue weighted by Gasteiger charge is -2.19. The van der Waals surface area contributed by atoms with Gasteiger partial charge in [-0.15, -0.1) is 0 Å². The van der Waals surface area contributed by atoms with Crippen LogP contribution in [-0.4, -0.2) is 44.3 Å². The smallest absolute Gasteiger partial charge is 0.324 e. The van der Waals surface area contributed by atoms with Crippen molar-refractivity contribution in [3.63, 3.8) is 0 Å². The first-order chi connectivity index (χ1) is 13.1. The number of nitrogens with one attached hydrogen (secondary N) is 2. The molecule has 1 aliphatic carbocycles. The largest absolute Gasteiger partial charge is 0.451 e. The summed E-state index contributed by atoms with van der Waals surface area (Å²) in [6.45, 7) is 4.17. The van der Waals surface area contributed by atoms with E-state index in [9.17, 15) is 22.8 Å². The van der Waals surface area contributed by atoms with Gasteiger partial charge >= 0.3 is 5.97 Å². The fraction of sp³-hybridized carbons (Fsp3) is 0.526. The van der Waals surface area contributed by atoms with E-state index in [1.54, 1.807) is 0 Å². The number of ether oxygens (including phenoxy) is 1. The van der Waals surface area contributed by atoms with E-state index in [0.29, 0.717) is 5.56 Å². The normalized spacial score (nSPS) is 17.0. The van der Waals surface area contributed by atoms with E-state index in [0.717, 1.165) is 25.7 Å². The van der Waals surface area contributed by atoms with E-state index in [4.69, 9.17) is 4.74 Å². The predicted molar refractivity (Wildman–Crippen MR) is 102 cm³/mol. The van der Waals surface area contributed by atoms with Crippen molar-refractivity contribution in [3.05, 3.63) is 29.8 Å². The third kappa shape index (κ3) is 5.87. The van der Waals surface area contributed by atoms with Gasteiger partial charge in [0.15, 0.2) is 11.9 Å². The first-order valence-electron chi connectivity index (χ1n) is 9.24. The van der Waals surface area contributed by atoms with E-state index in [2.05, 4.69) is 10.0 Å². The maximum Gasteiger partial charge on any atom is 0.324 e. The number of carbonyl (C=O) groups excluding carboxylic acids is 3. The summed E-state index contributed by atoms with van der Waals surface area (Å²) in [7, 11) is -3.98. The molecule has 0 radical (unpaired) electrons. The van der Waals surface area contributed by atoms with Crippen LogP contribution < -0.4 is 10.0 Å². The number of rotatable bonds is 8. The highest BCUT2D eigenvalue weighted by Gasteiger charge is 2.27. The van der Waals surface area contributed by atoms with Crippen molar-refractivity contribution >= 4 is 27.7 Å². The topological polar surface area (TPSA) is 119 Å². The van der Waals surface area contributed by atoms with Crippen LogP contribution in [0.2, 0.25) is 0 Å². The Morgan fingerprint density at radius 1 is 1.07 bits per heavy atom. The van der Waals surface area contributed by atoms with Crippen molar-refractivity contribution in [2.75, 3.05) is 0 Å². The number of carbonyl (C=O) groups is 3. The zero-order valence-electron chi connectivity index (χ0n) is 16.2. The molecule has 1 aromatic carbocycles. The summed E-state index contributed by atoms with van der Waals surface area (Å²) in [6, 6.07) is 4.29. The maximum absolute atomic E-state index is 12.4. The second-order valence-corrected chi connectivity index (χ2v) is 8.71. The highest BCUT2D eigenvalue weighted by Crippen LogP contribution is 2.18. The molecular weight excluding hydrogens is 384 g/mol.